The summed E-state index contributed by atoms with van der Waals surface area (Å²) in [6.07, 6.45) is 12.2. The first-order valence-electron chi connectivity index (χ1n) is 19.2. The highest BCUT2D eigenvalue weighted by Gasteiger charge is 2.53. The van der Waals surface area contributed by atoms with E-state index in [1.807, 2.05) is 66.8 Å². The van der Waals surface area contributed by atoms with E-state index in [9.17, 15) is 0 Å². The Labute approximate surface area is 319 Å². The number of hydrogen-bond donors (Lipinski definition) is 0. The van der Waals surface area contributed by atoms with Crippen LogP contribution in [0.1, 0.15) is 81.4 Å². The molecule has 0 amide bonds. The molecule has 0 bridgehead atoms. The maximum Gasteiger partial charge on any atom is 0.0926 e. The van der Waals surface area contributed by atoms with Gasteiger partial charge in [0.2, 0.25) is 0 Å². The SMILES string of the molecule is Cc1cc(C)c2nc(-c3cc(C4C(CCn5nc(C6CC6c6cnn(C)c6)cc5-c5ccc6nccc(C)c6n5)C4c4cnn(C)c4)nn3C)cc(C)c2n1. The van der Waals surface area contributed by atoms with Gasteiger partial charge in [-0.25, -0.2) is 9.97 Å². The van der Waals surface area contributed by atoms with Gasteiger partial charge in [0.25, 0.3) is 0 Å². The van der Waals surface area contributed by atoms with Crippen LogP contribution >= 0.6 is 0 Å². The molecule has 5 atom stereocenters. The Balaban J connectivity index is 0.983. The van der Waals surface area contributed by atoms with Crippen molar-refractivity contribution in [1.29, 1.82) is 0 Å². The van der Waals surface area contributed by atoms with E-state index in [0.29, 0.717) is 23.7 Å². The zero-order valence-corrected chi connectivity index (χ0v) is 32.3. The number of hydrogen-bond acceptors (Lipinski definition) is 8. The van der Waals surface area contributed by atoms with Crippen molar-refractivity contribution in [1.82, 2.24) is 59.1 Å². The van der Waals surface area contributed by atoms with Crippen molar-refractivity contribution < 1.29 is 0 Å². The predicted molar refractivity (Wildman–Crippen MR) is 212 cm³/mol. The lowest BCUT2D eigenvalue weighted by Crippen LogP contribution is -2.05. The maximum atomic E-state index is 5.32. The molecule has 5 unspecified atom stereocenters. The number of pyridine rings is 4. The summed E-state index contributed by atoms with van der Waals surface area (Å²) in [5.74, 6) is 1.73. The number of aromatic nitrogens is 12. The van der Waals surface area contributed by atoms with Crippen molar-refractivity contribution in [2.24, 2.45) is 27.1 Å². The van der Waals surface area contributed by atoms with E-state index in [0.717, 1.165) is 98.0 Å². The summed E-state index contributed by atoms with van der Waals surface area (Å²) in [6.45, 7) is 9.13. The van der Waals surface area contributed by atoms with Crippen molar-refractivity contribution in [2.75, 3.05) is 0 Å². The third-order valence-electron chi connectivity index (χ3n) is 11.9. The summed E-state index contributed by atoms with van der Waals surface area (Å²) in [5, 5.41) is 19.5. The fourth-order valence-corrected chi connectivity index (χ4v) is 8.98. The minimum absolute atomic E-state index is 0.251. The maximum absolute atomic E-state index is 5.32. The first kappa shape index (κ1) is 33.5. The molecule has 0 aliphatic heterocycles. The van der Waals surface area contributed by atoms with Crippen molar-refractivity contribution in [3.8, 4) is 22.8 Å². The highest BCUT2D eigenvalue weighted by atomic mass is 15.3. The fourth-order valence-electron chi connectivity index (χ4n) is 8.98. The summed E-state index contributed by atoms with van der Waals surface area (Å²) in [7, 11) is 5.99. The molecule has 0 saturated heterocycles. The van der Waals surface area contributed by atoms with Crippen LogP contribution < -0.4 is 0 Å². The van der Waals surface area contributed by atoms with Gasteiger partial charge in [-0.3, -0.25) is 28.7 Å². The summed E-state index contributed by atoms with van der Waals surface area (Å²) >= 11 is 0. The van der Waals surface area contributed by atoms with Crippen LogP contribution in [-0.4, -0.2) is 59.1 Å². The molecular weight excluding hydrogens is 685 g/mol. The molecule has 0 radical (unpaired) electrons. The molecule has 10 rings (SSSR count). The average molecular weight is 729 g/mol. The van der Waals surface area contributed by atoms with Gasteiger partial charge in [0.1, 0.15) is 0 Å². The smallest absolute Gasteiger partial charge is 0.0926 e. The normalized spacial score (nSPS) is 20.5. The molecule has 276 valence electrons. The summed E-state index contributed by atoms with van der Waals surface area (Å²) < 4.78 is 7.98. The van der Waals surface area contributed by atoms with Crippen LogP contribution in [0.15, 0.2) is 73.4 Å². The number of fused-ring (bicyclic) bond motifs is 2. The monoisotopic (exact) mass is 728 g/mol. The lowest BCUT2D eigenvalue weighted by Gasteiger charge is -2.09. The largest absolute Gasteiger partial charge is 0.276 e. The van der Waals surface area contributed by atoms with Crippen molar-refractivity contribution in [3.05, 3.63) is 118 Å². The molecule has 2 fully saturated rings. The fraction of sp³-hybridized carbons (Fsp3) is 0.349. The van der Waals surface area contributed by atoms with E-state index in [1.54, 1.807) is 0 Å². The third kappa shape index (κ3) is 5.82. The van der Waals surface area contributed by atoms with Crippen LogP contribution in [0.25, 0.3) is 44.8 Å². The van der Waals surface area contributed by atoms with E-state index in [1.165, 1.54) is 11.1 Å². The molecule has 55 heavy (non-hydrogen) atoms. The van der Waals surface area contributed by atoms with Crippen LogP contribution in [0, 0.1) is 33.6 Å². The van der Waals surface area contributed by atoms with E-state index in [2.05, 4.69) is 89.4 Å². The molecule has 2 saturated carbocycles. The van der Waals surface area contributed by atoms with Crippen LogP contribution in [0.5, 0.6) is 0 Å². The van der Waals surface area contributed by atoms with Gasteiger partial charge in [0.05, 0.1) is 68.6 Å². The van der Waals surface area contributed by atoms with Crippen molar-refractivity contribution in [3.63, 3.8) is 0 Å². The zero-order valence-electron chi connectivity index (χ0n) is 32.3. The second-order valence-corrected chi connectivity index (χ2v) is 15.9. The molecule has 2 aliphatic rings. The molecule has 12 heteroatoms. The molecule has 2 aliphatic carbocycles. The Bertz CT molecular complexity index is 2780. The molecular formula is C43H44N12. The number of rotatable bonds is 9. The Morgan fingerprint density at radius 1 is 0.655 bits per heavy atom. The lowest BCUT2D eigenvalue weighted by molar-refractivity contribution is 0.532. The van der Waals surface area contributed by atoms with Gasteiger partial charge >= 0.3 is 0 Å². The third-order valence-corrected chi connectivity index (χ3v) is 11.9. The van der Waals surface area contributed by atoms with Gasteiger partial charge in [-0.05, 0) is 129 Å². The summed E-state index contributed by atoms with van der Waals surface area (Å²) in [6, 6.07) is 15.0. The standard InChI is InChI=1S/C43H44N12/c1-23-10-12-44-33-9-8-32(48-41(23)33)38-17-34(31-16-30(31)27-19-45-52(5)21-27)51-55(38)13-11-29-39(28-20-46-53(6)22-28)40(29)36-18-37(54(7)50-36)35-15-25(3)42-43(49-35)24(2)14-26(4)47-42/h8-10,12,14-15,17-22,29-31,39-40H,11,13,16H2,1-7H3. The summed E-state index contributed by atoms with van der Waals surface area (Å²) in [5.41, 5.74) is 16.7. The quantitative estimate of drug-likeness (QED) is 0.151. The molecule has 0 spiro atoms. The van der Waals surface area contributed by atoms with Gasteiger partial charge in [-0.15, -0.1) is 0 Å². The molecule has 8 aromatic rings. The Hall–Kier alpha value is -6.04. The van der Waals surface area contributed by atoms with Gasteiger partial charge < -0.3 is 0 Å². The van der Waals surface area contributed by atoms with E-state index in [4.69, 9.17) is 25.1 Å². The van der Waals surface area contributed by atoms with Crippen LogP contribution in [0.4, 0.5) is 0 Å². The van der Waals surface area contributed by atoms with Crippen LogP contribution in [0.2, 0.25) is 0 Å². The average Bonchev–Trinajstić information content (AvgIpc) is 3.78. The highest BCUT2D eigenvalue weighted by molar-refractivity contribution is 5.84. The lowest BCUT2D eigenvalue weighted by atomic mass is 10.1. The number of aryl methyl sites for hydroxylation is 8. The van der Waals surface area contributed by atoms with Crippen LogP contribution in [0.3, 0.4) is 0 Å². The molecule has 0 N–H and O–H groups in total. The van der Waals surface area contributed by atoms with E-state index >= 15 is 0 Å². The first-order valence-corrected chi connectivity index (χ1v) is 19.2. The Morgan fingerprint density at radius 2 is 1.38 bits per heavy atom. The molecule has 0 aromatic carbocycles. The second kappa shape index (κ2) is 12.5. The minimum Gasteiger partial charge on any atom is -0.276 e. The van der Waals surface area contributed by atoms with E-state index < -0.39 is 0 Å². The first-order chi connectivity index (χ1) is 26.6. The van der Waals surface area contributed by atoms with Gasteiger partial charge in [-0.2, -0.15) is 20.4 Å². The van der Waals surface area contributed by atoms with Gasteiger partial charge in [-0.1, -0.05) is 0 Å². The van der Waals surface area contributed by atoms with Gasteiger partial charge in [0, 0.05) is 63.8 Å². The topological polar surface area (TPSA) is 123 Å². The number of nitrogens with zero attached hydrogens (tertiary/aromatic N) is 12. The zero-order chi connectivity index (χ0) is 37.7. The predicted octanol–water partition coefficient (Wildman–Crippen LogP) is 7.40. The Morgan fingerprint density at radius 3 is 2.16 bits per heavy atom. The summed E-state index contributed by atoms with van der Waals surface area (Å²) in [4.78, 5) is 19.7. The van der Waals surface area contributed by atoms with Crippen molar-refractivity contribution >= 4 is 22.1 Å². The molecule has 8 heterocycles. The highest BCUT2D eigenvalue weighted by Crippen LogP contribution is 2.62. The van der Waals surface area contributed by atoms with E-state index in [-0.39, 0.29) is 5.92 Å². The van der Waals surface area contributed by atoms with Gasteiger partial charge in [0.15, 0.2) is 0 Å². The Kier molecular flexibility index (Phi) is 7.62. The minimum atomic E-state index is 0.251. The molecule has 12 nitrogen and oxygen atoms in total. The molecule has 8 aromatic heterocycles. The van der Waals surface area contributed by atoms with Crippen LogP contribution in [-0.2, 0) is 27.7 Å². The second-order valence-electron chi connectivity index (χ2n) is 15.9. The van der Waals surface area contributed by atoms with Crippen molar-refractivity contribution in [2.45, 2.75) is 70.8 Å².